The van der Waals surface area contributed by atoms with Gasteiger partial charge in [-0.15, -0.1) is 0 Å². The first kappa shape index (κ1) is 16.1. The molecule has 1 aliphatic carbocycles. The molecule has 0 radical (unpaired) electrons. The maximum atomic E-state index is 5.78. The zero-order chi connectivity index (χ0) is 14.9. The SMILES string of the molecule is CCOc1cccnc1N(CCCN)C1CCCCCC1. The van der Waals surface area contributed by atoms with Gasteiger partial charge in [0.05, 0.1) is 6.61 Å². The average Bonchev–Trinajstić information content (AvgIpc) is 2.79. The predicted molar refractivity (Wildman–Crippen MR) is 87.9 cm³/mol. The Labute approximate surface area is 128 Å². The fourth-order valence-corrected chi connectivity index (χ4v) is 3.16. The Morgan fingerprint density at radius 2 is 2.05 bits per heavy atom. The molecule has 1 aromatic heterocycles. The van der Waals surface area contributed by atoms with Crippen LogP contribution in [0.2, 0.25) is 0 Å². The van der Waals surface area contributed by atoms with Crippen LogP contribution in [-0.4, -0.2) is 30.7 Å². The monoisotopic (exact) mass is 291 g/mol. The first-order valence-electron chi connectivity index (χ1n) is 8.41. The standard InChI is InChI=1S/C17H29N3O/c1-2-21-16-11-7-13-19-17(16)20(14-8-12-18)15-9-5-3-4-6-10-15/h7,11,13,15H,2-6,8-10,12,14,18H2,1H3. The fraction of sp³-hybridized carbons (Fsp3) is 0.706. The summed E-state index contributed by atoms with van der Waals surface area (Å²) in [7, 11) is 0. The van der Waals surface area contributed by atoms with Crippen LogP contribution in [0.1, 0.15) is 51.9 Å². The van der Waals surface area contributed by atoms with Gasteiger partial charge in [-0.3, -0.25) is 0 Å². The fourth-order valence-electron chi connectivity index (χ4n) is 3.16. The lowest BCUT2D eigenvalue weighted by atomic mass is 10.1. The van der Waals surface area contributed by atoms with Crippen LogP contribution in [-0.2, 0) is 0 Å². The highest BCUT2D eigenvalue weighted by molar-refractivity contribution is 5.53. The molecule has 4 nitrogen and oxygen atoms in total. The van der Waals surface area contributed by atoms with Crippen LogP contribution in [0.4, 0.5) is 5.82 Å². The summed E-state index contributed by atoms with van der Waals surface area (Å²) in [6.45, 7) is 4.39. The Kier molecular flexibility index (Phi) is 6.80. The van der Waals surface area contributed by atoms with Crippen LogP contribution in [0.5, 0.6) is 5.75 Å². The topological polar surface area (TPSA) is 51.4 Å². The van der Waals surface area contributed by atoms with Gasteiger partial charge in [-0.25, -0.2) is 4.98 Å². The third-order valence-electron chi connectivity index (χ3n) is 4.19. The smallest absolute Gasteiger partial charge is 0.171 e. The molecule has 0 bridgehead atoms. The summed E-state index contributed by atoms with van der Waals surface area (Å²) in [6, 6.07) is 4.55. The van der Waals surface area contributed by atoms with E-state index in [-0.39, 0.29) is 0 Å². The van der Waals surface area contributed by atoms with E-state index in [2.05, 4.69) is 9.88 Å². The number of ether oxygens (including phenoxy) is 1. The quantitative estimate of drug-likeness (QED) is 0.783. The second kappa shape index (κ2) is 8.88. The van der Waals surface area contributed by atoms with Gasteiger partial charge < -0.3 is 15.4 Å². The molecule has 0 spiro atoms. The van der Waals surface area contributed by atoms with Crippen molar-refractivity contribution in [3.8, 4) is 5.75 Å². The van der Waals surface area contributed by atoms with E-state index in [0.29, 0.717) is 12.6 Å². The molecule has 0 unspecified atom stereocenters. The van der Waals surface area contributed by atoms with Gasteiger partial charge in [0.1, 0.15) is 0 Å². The number of pyridine rings is 1. The first-order valence-corrected chi connectivity index (χ1v) is 8.41. The van der Waals surface area contributed by atoms with E-state index in [1.54, 1.807) is 0 Å². The van der Waals surface area contributed by atoms with E-state index in [0.717, 1.165) is 31.1 Å². The predicted octanol–water partition coefficient (Wildman–Crippen LogP) is 3.36. The summed E-state index contributed by atoms with van der Waals surface area (Å²) >= 11 is 0. The van der Waals surface area contributed by atoms with Crippen LogP contribution in [0, 0.1) is 0 Å². The lowest BCUT2D eigenvalue weighted by molar-refractivity contribution is 0.337. The zero-order valence-electron chi connectivity index (χ0n) is 13.3. The van der Waals surface area contributed by atoms with Gasteiger partial charge in [0, 0.05) is 18.8 Å². The Morgan fingerprint density at radius 3 is 2.71 bits per heavy atom. The number of anilines is 1. The molecule has 0 aromatic carbocycles. The maximum absolute atomic E-state index is 5.78. The number of aromatic nitrogens is 1. The zero-order valence-corrected chi connectivity index (χ0v) is 13.3. The van der Waals surface area contributed by atoms with Crippen molar-refractivity contribution < 1.29 is 4.74 Å². The highest BCUT2D eigenvalue weighted by Crippen LogP contribution is 2.31. The summed E-state index contributed by atoms with van der Waals surface area (Å²) in [6.07, 6.45) is 10.7. The van der Waals surface area contributed by atoms with Gasteiger partial charge >= 0.3 is 0 Å². The molecule has 1 heterocycles. The van der Waals surface area contributed by atoms with Gasteiger partial charge in [0.15, 0.2) is 11.6 Å². The van der Waals surface area contributed by atoms with Crippen molar-refractivity contribution in [3.63, 3.8) is 0 Å². The summed E-state index contributed by atoms with van der Waals surface area (Å²) in [5.74, 6) is 1.90. The van der Waals surface area contributed by atoms with E-state index in [1.165, 1.54) is 38.5 Å². The average molecular weight is 291 g/mol. The molecule has 1 saturated carbocycles. The Balaban J connectivity index is 2.21. The van der Waals surface area contributed by atoms with E-state index in [1.807, 2.05) is 25.3 Å². The number of nitrogens with two attached hydrogens (primary N) is 1. The molecule has 1 fully saturated rings. The molecule has 118 valence electrons. The van der Waals surface area contributed by atoms with Crippen molar-refractivity contribution in [2.75, 3.05) is 24.6 Å². The Morgan fingerprint density at radius 1 is 1.29 bits per heavy atom. The lowest BCUT2D eigenvalue weighted by Crippen LogP contribution is -2.37. The first-order chi connectivity index (χ1) is 10.4. The van der Waals surface area contributed by atoms with Crippen molar-refractivity contribution >= 4 is 5.82 Å². The van der Waals surface area contributed by atoms with E-state index < -0.39 is 0 Å². The Bertz CT molecular complexity index is 403. The maximum Gasteiger partial charge on any atom is 0.171 e. The number of hydrogen-bond acceptors (Lipinski definition) is 4. The third kappa shape index (κ3) is 4.60. The minimum atomic E-state index is 0.577. The highest BCUT2D eigenvalue weighted by Gasteiger charge is 2.23. The van der Waals surface area contributed by atoms with Gasteiger partial charge in [-0.2, -0.15) is 0 Å². The van der Waals surface area contributed by atoms with E-state index in [9.17, 15) is 0 Å². The Hall–Kier alpha value is -1.29. The van der Waals surface area contributed by atoms with Gasteiger partial charge in [0.2, 0.25) is 0 Å². The number of nitrogens with zero attached hydrogens (tertiary/aromatic N) is 2. The van der Waals surface area contributed by atoms with E-state index >= 15 is 0 Å². The van der Waals surface area contributed by atoms with Crippen molar-refractivity contribution in [1.29, 1.82) is 0 Å². The molecule has 2 N–H and O–H groups in total. The largest absolute Gasteiger partial charge is 0.490 e. The normalized spacial score (nSPS) is 16.5. The van der Waals surface area contributed by atoms with Crippen LogP contribution >= 0.6 is 0 Å². The summed E-state index contributed by atoms with van der Waals surface area (Å²) < 4.78 is 5.78. The van der Waals surface area contributed by atoms with E-state index in [4.69, 9.17) is 10.5 Å². The van der Waals surface area contributed by atoms with Crippen LogP contribution in [0.3, 0.4) is 0 Å². The van der Waals surface area contributed by atoms with Crippen molar-refractivity contribution in [3.05, 3.63) is 18.3 Å². The van der Waals surface area contributed by atoms with Gasteiger partial charge in [-0.1, -0.05) is 25.7 Å². The number of hydrogen-bond donors (Lipinski definition) is 1. The van der Waals surface area contributed by atoms with Crippen LogP contribution < -0.4 is 15.4 Å². The lowest BCUT2D eigenvalue weighted by Gasteiger charge is -2.33. The van der Waals surface area contributed by atoms with Gasteiger partial charge in [0.25, 0.3) is 0 Å². The second-order valence-electron chi connectivity index (χ2n) is 5.74. The summed E-state index contributed by atoms with van der Waals surface area (Å²) in [5, 5.41) is 0. The van der Waals surface area contributed by atoms with Crippen LogP contribution in [0.15, 0.2) is 18.3 Å². The molecule has 2 rings (SSSR count). The van der Waals surface area contributed by atoms with Crippen molar-refractivity contribution in [2.24, 2.45) is 5.73 Å². The molecule has 0 atom stereocenters. The summed E-state index contributed by atoms with van der Waals surface area (Å²) in [5.41, 5.74) is 5.73. The highest BCUT2D eigenvalue weighted by atomic mass is 16.5. The third-order valence-corrected chi connectivity index (χ3v) is 4.19. The molecule has 21 heavy (non-hydrogen) atoms. The molecule has 0 amide bonds. The number of rotatable bonds is 7. The molecule has 1 aliphatic rings. The minimum Gasteiger partial charge on any atom is -0.490 e. The molecule has 0 saturated heterocycles. The van der Waals surface area contributed by atoms with Crippen molar-refractivity contribution in [1.82, 2.24) is 4.98 Å². The minimum absolute atomic E-state index is 0.577. The summed E-state index contributed by atoms with van der Waals surface area (Å²) in [4.78, 5) is 7.06. The molecular weight excluding hydrogens is 262 g/mol. The van der Waals surface area contributed by atoms with Crippen molar-refractivity contribution in [2.45, 2.75) is 57.9 Å². The molecular formula is C17H29N3O. The molecule has 4 heteroatoms. The molecule has 0 aliphatic heterocycles. The molecule has 1 aromatic rings. The van der Waals surface area contributed by atoms with Gasteiger partial charge in [-0.05, 0) is 44.9 Å². The van der Waals surface area contributed by atoms with Crippen LogP contribution in [0.25, 0.3) is 0 Å². The second-order valence-corrected chi connectivity index (χ2v) is 5.74.